The van der Waals surface area contributed by atoms with E-state index in [1.807, 2.05) is 30.3 Å². The van der Waals surface area contributed by atoms with Crippen molar-refractivity contribution in [2.75, 3.05) is 11.9 Å². The molecule has 0 spiro atoms. The number of nitrogens with zero attached hydrogens (tertiary/aromatic N) is 1. The summed E-state index contributed by atoms with van der Waals surface area (Å²) in [5, 5.41) is 5.39. The molecule has 1 aliphatic heterocycles. The number of primary amides is 1. The molecule has 4 N–H and O–H groups in total. The summed E-state index contributed by atoms with van der Waals surface area (Å²) in [6, 6.07) is 15.4. The van der Waals surface area contributed by atoms with E-state index in [2.05, 4.69) is 10.6 Å². The van der Waals surface area contributed by atoms with Crippen LogP contribution in [0.25, 0.3) is 0 Å². The SMILES string of the molecule is NC(=O)c1ccccc1NC(=O)NC1CC(=O)N(Cc2ccccc2)C1. The van der Waals surface area contributed by atoms with Crippen LogP contribution in [0.15, 0.2) is 54.6 Å². The average molecular weight is 352 g/mol. The minimum atomic E-state index is -0.619. The fourth-order valence-electron chi connectivity index (χ4n) is 2.98. The van der Waals surface area contributed by atoms with Gasteiger partial charge in [-0.05, 0) is 17.7 Å². The molecule has 0 radical (unpaired) electrons. The number of anilines is 1. The van der Waals surface area contributed by atoms with Gasteiger partial charge in [-0.25, -0.2) is 4.79 Å². The van der Waals surface area contributed by atoms with Crippen molar-refractivity contribution in [3.63, 3.8) is 0 Å². The molecule has 1 unspecified atom stereocenters. The largest absolute Gasteiger partial charge is 0.366 e. The number of hydrogen-bond donors (Lipinski definition) is 3. The second kappa shape index (κ2) is 7.69. The van der Waals surface area contributed by atoms with Gasteiger partial charge in [0.15, 0.2) is 0 Å². The first-order valence-electron chi connectivity index (χ1n) is 8.31. The fraction of sp³-hybridized carbons (Fsp3) is 0.211. The van der Waals surface area contributed by atoms with Crippen molar-refractivity contribution in [3.8, 4) is 0 Å². The van der Waals surface area contributed by atoms with Gasteiger partial charge in [-0.1, -0.05) is 42.5 Å². The zero-order chi connectivity index (χ0) is 18.5. The molecular formula is C19H20N4O3. The number of carbonyl (C=O) groups is 3. The molecule has 1 saturated heterocycles. The maximum atomic E-state index is 12.2. The monoisotopic (exact) mass is 352 g/mol. The first-order chi connectivity index (χ1) is 12.5. The number of para-hydroxylation sites is 1. The number of urea groups is 1. The number of benzene rings is 2. The standard InChI is InChI=1S/C19H20N4O3/c20-18(25)15-8-4-5-9-16(15)22-19(26)21-14-10-17(24)23(12-14)11-13-6-2-1-3-7-13/h1-9,14H,10-12H2,(H2,20,25)(H2,21,22,26). The van der Waals surface area contributed by atoms with Gasteiger partial charge < -0.3 is 21.3 Å². The van der Waals surface area contributed by atoms with E-state index >= 15 is 0 Å². The second-order valence-electron chi connectivity index (χ2n) is 6.17. The number of amides is 4. The Kier molecular flexibility index (Phi) is 5.17. The van der Waals surface area contributed by atoms with E-state index in [0.717, 1.165) is 5.56 Å². The minimum absolute atomic E-state index is 0.00307. The van der Waals surface area contributed by atoms with Crippen LogP contribution in [0.5, 0.6) is 0 Å². The molecule has 1 heterocycles. The normalized spacial score (nSPS) is 16.4. The molecule has 26 heavy (non-hydrogen) atoms. The van der Waals surface area contributed by atoms with Crippen molar-refractivity contribution in [1.82, 2.24) is 10.2 Å². The first-order valence-corrected chi connectivity index (χ1v) is 8.31. The predicted octanol–water partition coefficient (Wildman–Crippen LogP) is 1.71. The van der Waals surface area contributed by atoms with Crippen LogP contribution in [0.2, 0.25) is 0 Å². The molecular weight excluding hydrogens is 332 g/mol. The van der Waals surface area contributed by atoms with Crippen LogP contribution in [0, 0.1) is 0 Å². The molecule has 0 aromatic heterocycles. The van der Waals surface area contributed by atoms with Crippen LogP contribution in [0.4, 0.5) is 10.5 Å². The Morgan fingerprint density at radius 3 is 2.50 bits per heavy atom. The Morgan fingerprint density at radius 1 is 1.08 bits per heavy atom. The number of hydrogen-bond acceptors (Lipinski definition) is 3. The van der Waals surface area contributed by atoms with Crippen LogP contribution < -0.4 is 16.4 Å². The zero-order valence-electron chi connectivity index (χ0n) is 14.1. The highest BCUT2D eigenvalue weighted by atomic mass is 16.2. The average Bonchev–Trinajstić information content (AvgIpc) is 2.95. The maximum absolute atomic E-state index is 12.2. The van der Waals surface area contributed by atoms with Gasteiger partial charge in [0.2, 0.25) is 5.91 Å². The smallest absolute Gasteiger partial charge is 0.319 e. The van der Waals surface area contributed by atoms with Gasteiger partial charge in [0.25, 0.3) is 5.91 Å². The van der Waals surface area contributed by atoms with E-state index in [4.69, 9.17) is 5.73 Å². The Morgan fingerprint density at radius 2 is 1.77 bits per heavy atom. The number of likely N-dealkylation sites (tertiary alicyclic amines) is 1. The van der Waals surface area contributed by atoms with Gasteiger partial charge in [0, 0.05) is 19.5 Å². The molecule has 134 valence electrons. The summed E-state index contributed by atoms with van der Waals surface area (Å²) >= 11 is 0. The number of nitrogens with two attached hydrogens (primary N) is 1. The lowest BCUT2D eigenvalue weighted by Crippen LogP contribution is -2.40. The Balaban J connectivity index is 1.57. The molecule has 1 aliphatic rings. The van der Waals surface area contributed by atoms with Crippen LogP contribution in [0.3, 0.4) is 0 Å². The lowest BCUT2D eigenvalue weighted by molar-refractivity contribution is -0.128. The maximum Gasteiger partial charge on any atom is 0.319 e. The first kappa shape index (κ1) is 17.5. The predicted molar refractivity (Wildman–Crippen MR) is 97.4 cm³/mol. The molecule has 1 atom stereocenters. The highest BCUT2D eigenvalue weighted by Gasteiger charge is 2.30. The van der Waals surface area contributed by atoms with E-state index in [0.29, 0.717) is 18.8 Å². The summed E-state index contributed by atoms with van der Waals surface area (Å²) in [6.45, 7) is 0.961. The van der Waals surface area contributed by atoms with Gasteiger partial charge in [0.05, 0.1) is 17.3 Å². The van der Waals surface area contributed by atoms with Crippen molar-refractivity contribution in [2.24, 2.45) is 5.73 Å². The molecule has 2 aromatic carbocycles. The van der Waals surface area contributed by atoms with Crippen LogP contribution >= 0.6 is 0 Å². The summed E-state index contributed by atoms with van der Waals surface area (Å²) in [4.78, 5) is 37.5. The second-order valence-corrected chi connectivity index (χ2v) is 6.17. The number of rotatable bonds is 5. The van der Waals surface area contributed by atoms with E-state index in [-0.39, 0.29) is 23.9 Å². The van der Waals surface area contributed by atoms with Crippen molar-refractivity contribution in [3.05, 3.63) is 65.7 Å². The summed E-state index contributed by atoms with van der Waals surface area (Å²) in [6.07, 6.45) is 0.248. The van der Waals surface area contributed by atoms with E-state index in [9.17, 15) is 14.4 Å². The number of nitrogens with one attached hydrogen (secondary N) is 2. The summed E-state index contributed by atoms with van der Waals surface area (Å²) in [7, 11) is 0. The molecule has 4 amide bonds. The lowest BCUT2D eigenvalue weighted by Gasteiger charge is -2.17. The Hall–Kier alpha value is -3.35. The molecule has 1 fully saturated rings. The number of carbonyl (C=O) groups excluding carboxylic acids is 3. The highest BCUT2D eigenvalue weighted by Crippen LogP contribution is 2.17. The summed E-state index contributed by atoms with van der Waals surface area (Å²) in [5.74, 6) is -0.623. The third kappa shape index (κ3) is 4.18. The van der Waals surface area contributed by atoms with Crippen molar-refractivity contribution in [2.45, 2.75) is 19.0 Å². The minimum Gasteiger partial charge on any atom is -0.366 e. The van der Waals surface area contributed by atoms with Crippen molar-refractivity contribution in [1.29, 1.82) is 0 Å². The Labute approximate surface area is 151 Å². The summed E-state index contributed by atoms with van der Waals surface area (Å²) < 4.78 is 0. The molecule has 7 heteroatoms. The van der Waals surface area contributed by atoms with Gasteiger partial charge in [-0.2, -0.15) is 0 Å². The quantitative estimate of drug-likeness (QED) is 0.763. The van der Waals surface area contributed by atoms with Gasteiger partial charge in [-0.15, -0.1) is 0 Å². The molecule has 7 nitrogen and oxygen atoms in total. The van der Waals surface area contributed by atoms with Crippen LogP contribution in [-0.4, -0.2) is 35.3 Å². The van der Waals surface area contributed by atoms with E-state index in [1.165, 1.54) is 0 Å². The third-order valence-corrected chi connectivity index (χ3v) is 4.21. The molecule has 0 bridgehead atoms. The third-order valence-electron chi connectivity index (χ3n) is 4.21. The van der Waals surface area contributed by atoms with Crippen molar-refractivity contribution >= 4 is 23.5 Å². The topological polar surface area (TPSA) is 105 Å². The highest BCUT2D eigenvalue weighted by molar-refractivity contribution is 6.02. The van der Waals surface area contributed by atoms with E-state index < -0.39 is 11.9 Å². The van der Waals surface area contributed by atoms with Crippen molar-refractivity contribution < 1.29 is 14.4 Å². The zero-order valence-corrected chi connectivity index (χ0v) is 14.1. The van der Waals surface area contributed by atoms with Crippen LogP contribution in [0.1, 0.15) is 22.3 Å². The molecule has 0 saturated carbocycles. The lowest BCUT2D eigenvalue weighted by atomic mass is 10.1. The van der Waals surface area contributed by atoms with Gasteiger partial charge >= 0.3 is 6.03 Å². The molecule has 3 rings (SSSR count). The van der Waals surface area contributed by atoms with Gasteiger partial charge in [-0.3, -0.25) is 9.59 Å². The van der Waals surface area contributed by atoms with Crippen LogP contribution in [-0.2, 0) is 11.3 Å². The van der Waals surface area contributed by atoms with Gasteiger partial charge in [0.1, 0.15) is 0 Å². The van der Waals surface area contributed by atoms with E-state index in [1.54, 1.807) is 29.2 Å². The molecule has 2 aromatic rings. The fourth-order valence-corrected chi connectivity index (χ4v) is 2.98. The summed E-state index contributed by atoms with van der Waals surface area (Å²) in [5.41, 5.74) is 6.91. The Bertz CT molecular complexity index is 823. The molecule has 0 aliphatic carbocycles.